The zero-order chi connectivity index (χ0) is 21.8. The van der Waals surface area contributed by atoms with Gasteiger partial charge in [-0.2, -0.15) is 0 Å². The molecule has 5 heteroatoms. The summed E-state index contributed by atoms with van der Waals surface area (Å²) >= 11 is 0. The predicted octanol–water partition coefficient (Wildman–Crippen LogP) is 4.20. The van der Waals surface area contributed by atoms with Gasteiger partial charge < -0.3 is 5.32 Å². The summed E-state index contributed by atoms with van der Waals surface area (Å²) in [6.45, 7) is -0.219. The normalized spacial score (nSPS) is 28.4. The van der Waals surface area contributed by atoms with Crippen molar-refractivity contribution in [1.82, 2.24) is 4.90 Å². The molecule has 3 fully saturated rings. The van der Waals surface area contributed by atoms with Crippen molar-refractivity contribution < 1.29 is 14.4 Å². The van der Waals surface area contributed by atoms with Crippen molar-refractivity contribution in [3.63, 3.8) is 0 Å². The molecule has 1 saturated heterocycles. The first-order valence-corrected chi connectivity index (χ1v) is 11.3. The standard InChI is InChI=1S/C27H24N2O3/c30-23(28-22-12-6-10-16-9-4-5-11-19(16)22)15-29-26(31)24-18-13-20(17-7-2-1-3-8-17)21(14-18)25(24)27(29)32/h1-12,18,20-21,24-25H,13-15H2,(H,28,30). The number of benzene rings is 3. The zero-order valence-electron chi connectivity index (χ0n) is 17.6. The van der Waals surface area contributed by atoms with Crippen molar-refractivity contribution in [2.75, 3.05) is 11.9 Å². The molecule has 0 spiro atoms. The molecule has 2 bridgehead atoms. The lowest BCUT2D eigenvalue weighted by molar-refractivity contribution is -0.143. The van der Waals surface area contributed by atoms with Gasteiger partial charge in [0, 0.05) is 11.1 Å². The Morgan fingerprint density at radius 3 is 2.41 bits per heavy atom. The van der Waals surface area contributed by atoms with Crippen LogP contribution in [0.5, 0.6) is 0 Å². The van der Waals surface area contributed by atoms with Crippen molar-refractivity contribution in [3.05, 3.63) is 78.4 Å². The molecular weight excluding hydrogens is 400 g/mol. The first kappa shape index (κ1) is 19.2. The van der Waals surface area contributed by atoms with Crippen LogP contribution in [0.25, 0.3) is 10.8 Å². The molecule has 5 unspecified atom stereocenters. The summed E-state index contributed by atoms with van der Waals surface area (Å²) in [5.74, 6) is -0.450. The van der Waals surface area contributed by atoms with Gasteiger partial charge in [-0.05, 0) is 47.6 Å². The molecule has 5 nitrogen and oxygen atoms in total. The third-order valence-electron chi connectivity index (χ3n) is 7.70. The lowest BCUT2D eigenvalue weighted by Gasteiger charge is -2.28. The lowest BCUT2D eigenvalue weighted by atomic mass is 9.73. The van der Waals surface area contributed by atoms with Gasteiger partial charge in [-0.1, -0.05) is 66.7 Å². The molecule has 0 radical (unpaired) electrons. The van der Waals surface area contributed by atoms with Crippen LogP contribution in [-0.4, -0.2) is 29.2 Å². The molecule has 3 amide bonds. The maximum absolute atomic E-state index is 13.3. The number of nitrogens with zero attached hydrogens (tertiary/aromatic N) is 1. The fourth-order valence-electron chi connectivity index (χ4n) is 6.43. The van der Waals surface area contributed by atoms with Gasteiger partial charge in [-0.15, -0.1) is 0 Å². The molecule has 3 aromatic rings. The maximum atomic E-state index is 13.3. The quantitative estimate of drug-likeness (QED) is 0.639. The third-order valence-corrected chi connectivity index (χ3v) is 7.70. The second-order valence-electron chi connectivity index (χ2n) is 9.30. The molecule has 1 heterocycles. The van der Waals surface area contributed by atoms with Crippen LogP contribution in [0.3, 0.4) is 0 Å². The SMILES string of the molecule is O=C(CN1C(=O)C2C3CC(c4ccccc4)C(C3)C2C1=O)Nc1cccc2ccccc12. The minimum atomic E-state index is -0.338. The van der Waals surface area contributed by atoms with Crippen LogP contribution >= 0.6 is 0 Å². The van der Waals surface area contributed by atoms with Gasteiger partial charge >= 0.3 is 0 Å². The summed E-state index contributed by atoms with van der Waals surface area (Å²) in [7, 11) is 0. The number of amides is 3. The van der Waals surface area contributed by atoms with Crippen molar-refractivity contribution in [3.8, 4) is 0 Å². The molecule has 32 heavy (non-hydrogen) atoms. The number of fused-ring (bicyclic) bond motifs is 6. The summed E-state index contributed by atoms with van der Waals surface area (Å²) in [5.41, 5.74) is 1.95. The second kappa shape index (κ2) is 7.30. The van der Waals surface area contributed by atoms with Crippen LogP contribution in [-0.2, 0) is 14.4 Å². The van der Waals surface area contributed by atoms with Crippen molar-refractivity contribution in [1.29, 1.82) is 0 Å². The number of hydrogen-bond donors (Lipinski definition) is 1. The Hall–Kier alpha value is -3.47. The molecule has 160 valence electrons. The Kier molecular flexibility index (Phi) is 4.39. The molecular formula is C27H24N2O3. The van der Waals surface area contributed by atoms with Gasteiger partial charge in [0.05, 0.1) is 11.8 Å². The average molecular weight is 425 g/mol. The highest BCUT2D eigenvalue weighted by atomic mass is 16.2. The van der Waals surface area contributed by atoms with Gasteiger partial charge in [0.1, 0.15) is 6.54 Å². The van der Waals surface area contributed by atoms with Crippen LogP contribution in [0.1, 0.15) is 24.3 Å². The highest BCUT2D eigenvalue weighted by Gasteiger charge is 2.63. The number of carbonyl (C=O) groups is 3. The molecule has 5 atom stereocenters. The van der Waals surface area contributed by atoms with Crippen molar-refractivity contribution in [2.45, 2.75) is 18.8 Å². The molecule has 0 aromatic heterocycles. The summed E-state index contributed by atoms with van der Waals surface area (Å²) in [6.07, 6.45) is 1.88. The van der Waals surface area contributed by atoms with E-state index in [1.807, 2.05) is 60.7 Å². The van der Waals surface area contributed by atoms with Crippen LogP contribution in [0, 0.1) is 23.7 Å². The largest absolute Gasteiger partial charge is 0.324 e. The molecule has 2 aliphatic carbocycles. The van der Waals surface area contributed by atoms with Gasteiger partial charge in [0.15, 0.2) is 0 Å². The summed E-state index contributed by atoms with van der Waals surface area (Å²) < 4.78 is 0. The van der Waals surface area contributed by atoms with Gasteiger partial charge in [0.2, 0.25) is 17.7 Å². The monoisotopic (exact) mass is 424 g/mol. The Labute approximate surface area is 186 Å². The third kappa shape index (κ3) is 2.88. The number of imide groups is 1. The summed E-state index contributed by atoms with van der Waals surface area (Å²) in [6, 6.07) is 23.8. The van der Waals surface area contributed by atoms with E-state index in [1.54, 1.807) is 0 Å². The van der Waals surface area contributed by atoms with E-state index in [0.717, 1.165) is 23.6 Å². The van der Waals surface area contributed by atoms with Gasteiger partial charge in [0.25, 0.3) is 0 Å². The van der Waals surface area contributed by atoms with E-state index < -0.39 is 0 Å². The van der Waals surface area contributed by atoms with E-state index in [0.29, 0.717) is 11.6 Å². The fraction of sp³-hybridized carbons (Fsp3) is 0.296. The van der Waals surface area contributed by atoms with E-state index >= 15 is 0 Å². The van der Waals surface area contributed by atoms with Gasteiger partial charge in [-0.25, -0.2) is 0 Å². The zero-order valence-corrected chi connectivity index (χ0v) is 17.6. The lowest BCUT2D eigenvalue weighted by Crippen LogP contribution is -2.39. The molecule has 1 N–H and O–H groups in total. The van der Waals surface area contributed by atoms with E-state index in [4.69, 9.17) is 0 Å². The highest BCUT2D eigenvalue weighted by Crippen LogP contribution is 2.61. The molecule has 3 aromatic carbocycles. The maximum Gasteiger partial charge on any atom is 0.244 e. The minimum absolute atomic E-state index is 0.160. The number of hydrogen-bond acceptors (Lipinski definition) is 3. The number of carbonyl (C=O) groups excluding carboxylic acids is 3. The second-order valence-corrected chi connectivity index (χ2v) is 9.30. The number of rotatable bonds is 4. The molecule has 2 saturated carbocycles. The van der Waals surface area contributed by atoms with Crippen LogP contribution in [0.15, 0.2) is 72.8 Å². The van der Waals surface area contributed by atoms with E-state index in [2.05, 4.69) is 17.4 Å². The first-order valence-electron chi connectivity index (χ1n) is 11.3. The van der Waals surface area contributed by atoms with Gasteiger partial charge in [-0.3, -0.25) is 19.3 Å². The average Bonchev–Trinajstić information content (AvgIpc) is 3.48. The first-order chi connectivity index (χ1) is 15.6. The van der Waals surface area contributed by atoms with E-state index in [1.165, 1.54) is 10.5 Å². The number of likely N-dealkylation sites (tertiary alicyclic amines) is 1. The molecule has 1 aliphatic heterocycles. The Bertz CT molecular complexity index is 1230. The van der Waals surface area contributed by atoms with E-state index in [-0.39, 0.29) is 47.9 Å². The topological polar surface area (TPSA) is 66.5 Å². The molecule has 6 rings (SSSR count). The summed E-state index contributed by atoms with van der Waals surface area (Å²) in [4.78, 5) is 40.5. The fourth-order valence-corrected chi connectivity index (χ4v) is 6.43. The number of anilines is 1. The summed E-state index contributed by atoms with van der Waals surface area (Å²) in [5, 5.41) is 4.86. The van der Waals surface area contributed by atoms with Crippen LogP contribution in [0.2, 0.25) is 0 Å². The highest BCUT2D eigenvalue weighted by molar-refractivity contribution is 6.10. The Morgan fingerprint density at radius 1 is 0.844 bits per heavy atom. The molecule has 3 aliphatic rings. The number of nitrogens with one attached hydrogen (secondary N) is 1. The minimum Gasteiger partial charge on any atom is -0.324 e. The van der Waals surface area contributed by atoms with Crippen LogP contribution in [0.4, 0.5) is 5.69 Å². The smallest absolute Gasteiger partial charge is 0.244 e. The van der Waals surface area contributed by atoms with Crippen molar-refractivity contribution >= 4 is 34.2 Å². The predicted molar refractivity (Wildman–Crippen MR) is 122 cm³/mol. The van der Waals surface area contributed by atoms with Crippen LogP contribution < -0.4 is 5.32 Å². The van der Waals surface area contributed by atoms with Crippen molar-refractivity contribution in [2.24, 2.45) is 23.7 Å². The Balaban J connectivity index is 1.20. The van der Waals surface area contributed by atoms with E-state index in [9.17, 15) is 14.4 Å². The Morgan fingerprint density at radius 2 is 1.56 bits per heavy atom.